The zero-order valence-corrected chi connectivity index (χ0v) is 16.3. The van der Waals surface area contributed by atoms with Gasteiger partial charge < -0.3 is 15.0 Å². The van der Waals surface area contributed by atoms with Crippen molar-refractivity contribution in [2.45, 2.75) is 20.0 Å². The van der Waals surface area contributed by atoms with E-state index in [2.05, 4.69) is 15.5 Å². The number of para-hydroxylation sites is 1. The number of fused-ring (bicyclic) bond motifs is 1. The van der Waals surface area contributed by atoms with Gasteiger partial charge in [0.25, 0.3) is 11.5 Å². The minimum absolute atomic E-state index is 0.214. The van der Waals surface area contributed by atoms with Crippen LogP contribution in [0.3, 0.4) is 0 Å². The molecule has 148 valence electrons. The number of nitrogens with zero attached hydrogens (tertiary/aromatic N) is 4. The number of hydrogen-bond acceptors (Lipinski definition) is 6. The molecule has 0 saturated heterocycles. The van der Waals surface area contributed by atoms with Crippen LogP contribution in [-0.2, 0) is 13.1 Å². The number of benzene rings is 2. The van der Waals surface area contributed by atoms with Crippen LogP contribution in [-0.4, -0.2) is 34.3 Å². The first-order chi connectivity index (χ1) is 14.1. The van der Waals surface area contributed by atoms with Crippen molar-refractivity contribution in [3.05, 3.63) is 75.7 Å². The Morgan fingerprint density at radius 1 is 1.10 bits per heavy atom. The Bertz CT molecular complexity index is 1110. The van der Waals surface area contributed by atoms with E-state index >= 15 is 0 Å². The van der Waals surface area contributed by atoms with Gasteiger partial charge in [-0.2, -0.15) is 0 Å². The molecule has 0 saturated carbocycles. The molecule has 0 radical (unpaired) electrons. The largest absolute Gasteiger partial charge is 0.496 e. The summed E-state index contributed by atoms with van der Waals surface area (Å²) >= 11 is 0. The molecule has 4 rings (SSSR count). The van der Waals surface area contributed by atoms with Crippen LogP contribution in [0, 0.1) is 6.92 Å². The van der Waals surface area contributed by atoms with Gasteiger partial charge in [0, 0.05) is 30.9 Å². The summed E-state index contributed by atoms with van der Waals surface area (Å²) in [7, 11) is 1.57. The van der Waals surface area contributed by atoms with E-state index < -0.39 is 11.5 Å². The second-order valence-electron chi connectivity index (χ2n) is 6.79. The normalized spacial score (nSPS) is 12.6. The summed E-state index contributed by atoms with van der Waals surface area (Å²) in [5.41, 5.74) is 2.24. The predicted molar refractivity (Wildman–Crippen MR) is 109 cm³/mol. The van der Waals surface area contributed by atoms with Crippen LogP contribution < -0.4 is 20.5 Å². The second kappa shape index (κ2) is 7.75. The van der Waals surface area contributed by atoms with Gasteiger partial charge in [0.2, 0.25) is 11.6 Å². The van der Waals surface area contributed by atoms with Gasteiger partial charge in [-0.3, -0.25) is 14.2 Å². The van der Waals surface area contributed by atoms with Crippen molar-refractivity contribution in [1.82, 2.24) is 20.1 Å². The molecule has 8 heteroatoms. The fraction of sp³-hybridized carbons (Fsp3) is 0.238. The molecule has 0 atom stereocenters. The molecule has 2 aromatic carbocycles. The first kappa shape index (κ1) is 18.7. The molecule has 1 aliphatic rings. The number of hydrogen-bond donors (Lipinski definition) is 1. The van der Waals surface area contributed by atoms with Crippen molar-refractivity contribution < 1.29 is 9.53 Å². The topological polar surface area (TPSA) is 89.3 Å². The van der Waals surface area contributed by atoms with Crippen molar-refractivity contribution in [2.24, 2.45) is 0 Å². The van der Waals surface area contributed by atoms with Gasteiger partial charge in [-0.15, -0.1) is 10.2 Å². The molecule has 0 unspecified atom stereocenters. The molecule has 2 heterocycles. The Morgan fingerprint density at radius 3 is 2.62 bits per heavy atom. The molecule has 3 aromatic rings. The van der Waals surface area contributed by atoms with Crippen LogP contribution in [0.15, 0.2) is 53.3 Å². The lowest BCUT2D eigenvalue weighted by Gasteiger charge is -2.16. The quantitative estimate of drug-likeness (QED) is 0.716. The molecule has 29 heavy (non-hydrogen) atoms. The number of aromatic nitrogens is 3. The molecule has 1 aliphatic heterocycles. The van der Waals surface area contributed by atoms with Crippen molar-refractivity contribution in [3.8, 4) is 5.75 Å². The van der Waals surface area contributed by atoms with Gasteiger partial charge in [-0.1, -0.05) is 35.9 Å². The molecular weight excluding hydrogens is 370 g/mol. The Hall–Kier alpha value is -3.68. The first-order valence-electron chi connectivity index (χ1n) is 9.30. The van der Waals surface area contributed by atoms with E-state index in [1.807, 2.05) is 60.4 Å². The Morgan fingerprint density at radius 2 is 1.86 bits per heavy atom. The van der Waals surface area contributed by atoms with Crippen LogP contribution in [0.2, 0.25) is 0 Å². The van der Waals surface area contributed by atoms with Gasteiger partial charge in [0.1, 0.15) is 5.75 Å². The average Bonchev–Trinajstić information content (AvgIpc) is 3.18. The molecule has 1 amide bonds. The fourth-order valence-electron chi connectivity index (χ4n) is 3.33. The molecule has 1 N–H and O–H groups in total. The lowest BCUT2D eigenvalue weighted by molar-refractivity contribution is 0.0942. The van der Waals surface area contributed by atoms with Gasteiger partial charge in [-0.05, 0) is 25.1 Å². The van der Waals surface area contributed by atoms with Gasteiger partial charge in [-0.25, -0.2) is 0 Å². The van der Waals surface area contributed by atoms with E-state index in [0.717, 1.165) is 16.8 Å². The summed E-state index contributed by atoms with van der Waals surface area (Å²) in [5, 5.41) is 10.8. The van der Waals surface area contributed by atoms with E-state index in [0.29, 0.717) is 24.8 Å². The summed E-state index contributed by atoms with van der Waals surface area (Å²) < 4.78 is 6.77. The van der Waals surface area contributed by atoms with Crippen LogP contribution in [0.5, 0.6) is 5.75 Å². The van der Waals surface area contributed by atoms with Gasteiger partial charge >= 0.3 is 0 Å². The number of nitrogens with one attached hydrogen (secondary N) is 1. The number of carbonyl (C=O) groups is 1. The number of anilines is 2. The molecule has 0 spiro atoms. The zero-order valence-electron chi connectivity index (χ0n) is 16.3. The summed E-state index contributed by atoms with van der Waals surface area (Å²) in [4.78, 5) is 27.3. The second-order valence-corrected chi connectivity index (χ2v) is 6.79. The zero-order chi connectivity index (χ0) is 20.4. The lowest BCUT2D eigenvalue weighted by atomic mass is 10.2. The summed E-state index contributed by atoms with van der Waals surface area (Å²) in [5.74, 6) is 0.552. The Kier molecular flexibility index (Phi) is 4.99. The Balaban J connectivity index is 1.55. The predicted octanol–water partition coefficient (Wildman–Crippen LogP) is 2.04. The van der Waals surface area contributed by atoms with Crippen molar-refractivity contribution in [1.29, 1.82) is 0 Å². The van der Waals surface area contributed by atoms with Crippen LogP contribution in [0.4, 0.5) is 11.6 Å². The van der Waals surface area contributed by atoms with Crippen molar-refractivity contribution in [3.63, 3.8) is 0 Å². The number of ether oxygens (including phenoxy) is 1. The third kappa shape index (κ3) is 3.56. The first-order valence-corrected chi connectivity index (χ1v) is 9.30. The summed E-state index contributed by atoms with van der Waals surface area (Å²) in [6.07, 6.45) is 0. The number of carbonyl (C=O) groups excluding carboxylic acids is 1. The van der Waals surface area contributed by atoms with Crippen molar-refractivity contribution in [2.75, 3.05) is 18.6 Å². The van der Waals surface area contributed by atoms with Crippen LogP contribution in [0.25, 0.3) is 0 Å². The highest BCUT2D eigenvalue weighted by Gasteiger charge is 2.27. The fourth-order valence-corrected chi connectivity index (χ4v) is 3.33. The molecule has 8 nitrogen and oxygen atoms in total. The monoisotopic (exact) mass is 391 g/mol. The van der Waals surface area contributed by atoms with E-state index in [1.54, 1.807) is 7.11 Å². The number of amides is 1. The number of rotatable bonds is 5. The van der Waals surface area contributed by atoms with Crippen LogP contribution >= 0.6 is 0 Å². The van der Waals surface area contributed by atoms with E-state index in [4.69, 9.17) is 4.74 Å². The highest BCUT2D eigenvalue weighted by atomic mass is 16.5. The highest BCUT2D eigenvalue weighted by molar-refractivity contribution is 5.91. The Labute approximate surface area is 167 Å². The standard InChI is InChI=1S/C21H21N5O3/c1-14-7-9-16(10-8-14)25-11-12-26-20(28)18(23-24-21(25)26)19(27)22-13-15-5-3-4-6-17(15)29-2/h3-10H,11-13H2,1-2H3,(H,22,27). The van der Waals surface area contributed by atoms with Gasteiger partial charge in [0.15, 0.2) is 0 Å². The molecule has 0 fully saturated rings. The molecular formula is C21H21N5O3. The lowest BCUT2D eigenvalue weighted by Crippen LogP contribution is -2.34. The van der Waals surface area contributed by atoms with E-state index in [9.17, 15) is 9.59 Å². The van der Waals surface area contributed by atoms with Gasteiger partial charge in [0.05, 0.1) is 7.11 Å². The minimum Gasteiger partial charge on any atom is -0.496 e. The highest BCUT2D eigenvalue weighted by Crippen LogP contribution is 2.26. The minimum atomic E-state index is -0.558. The molecule has 0 bridgehead atoms. The van der Waals surface area contributed by atoms with E-state index in [-0.39, 0.29) is 12.2 Å². The summed E-state index contributed by atoms with van der Waals surface area (Å²) in [6, 6.07) is 15.3. The maximum Gasteiger partial charge on any atom is 0.286 e. The SMILES string of the molecule is COc1ccccc1CNC(=O)c1nnc2n(c1=O)CCN2c1ccc(C)cc1. The third-order valence-electron chi connectivity index (χ3n) is 4.91. The van der Waals surface area contributed by atoms with Crippen molar-refractivity contribution >= 4 is 17.5 Å². The van der Waals surface area contributed by atoms with E-state index in [1.165, 1.54) is 4.57 Å². The third-order valence-corrected chi connectivity index (χ3v) is 4.91. The average molecular weight is 391 g/mol. The maximum absolute atomic E-state index is 12.8. The number of aryl methyl sites for hydroxylation is 1. The smallest absolute Gasteiger partial charge is 0.286 e. The van der Waals surface area contributed by atoms with Crippen LogP contribution in [0.1, 0.15) is 21.6 Å². The summed E-state index contributed by atoms with van der Waals surface area (Å²) in [6.45, 7) is 3.28. The maximum atomic E-state index is 12.8. The molecule has 0 aliphatic carbocycles. The number of methoxy groups -OCH3 is 1. The molecule has 1 aromatic heterocycles.